The average molecular weight is 267 g/mol. The van der Waals surface area contributed by atoms with Gasteiger partial charge in [0.2, 0.25) is 5.88 Å². The standard InChI is InChI=1S/C13H15F2N3O/c1-9(2)18-7-11(13(14,15)8-18)19-12-5-10(6-16)3-4-17-12/h3-5,9,11H,7-8H2,1-2H3/t11-/m0/s1. The molecule has 2 heterocycles. The van der Waals surface area contributed by atoms with Crippen molar-refractivity contribution in [3.63, 3.8) is 0 Å². The molecule has 0 amide bonds. The van der Waals surface area contributed by atoms with E-state index < -0.39 is 12.0 Å². The van der Waals surface area contributed by atoms with E-state index in [1.54, 1.807) is 4.90 Å². The molecule has 2 rings (SSSR count). The SMILES string of the molecule is CC(C)N1C[C@H](Oc2cc(C#N)ccn2)C(F)(F)C1. The minimum Gasteiger partial charge on any atom is -0.466 e. The molecule has 0 aliphatic carbocycles. The third-order valence-electron chi connectivity index (χ3n) is 3.14. The molecule has 1 aliphatic heterocycles. The van der Waals surface area contributed by atoms with E-state index in [0.717, 1.165) is 0 Å². The Labute approximate surface area is 110 Å². The molecule has 6 heteroatoms. The Kier molecular flexibility index (Phi) is 3.67. The van der Waals surface area contributed by atoms with Crippen molar-refractivity contribution < 1.29 is 13.5 Å². The van der Waals surface area contributed by atoms with E-state index in [1.165, 1.54) is 18.3 Å². The van der Waals surface area contributed by atoms with Gasteiger partial charge in [-0.3, -0.25) is 4.90 Å². The summed E-state index contributed by atoms with van der Waals surface area (Å²) in [4.78, 5) is 5.53. The molecule has 1 aromatic heterocycles. The van der Waals surface area contributed by atoms with E-state index in [1.807, 2.05) is 19.9 Å². The van der Waals surface area contributed by atoms with Gasteiger partial charge in [-0.05, 0) is 19.9 Å². The van der Waals surface area contributed by atoms with Gasteiger partial charge in [0.25, 0.3) is 5.92 Å². The normalized spacial score (nSPS) is 22.4. The van der Waals surface area contributed by atoms with Crippen LogP contribution in [0.1, 0.15) is 19.4 Å². The second-order valence-electron chi connectivity index (χ2n) is 4.89. The molecule has 0 N–H and O–H groups in total. The van der Waals surface area contributed by atoms with E-state index in [-0.39, 0.29) is 25.0 Å². The Morgan fingerprint density at radius 2 is 2.32 bits per heavy atom. The molecule has 0 bridgehead atoms. The van der Waals surface area contributed by atoms with Crippen LogP contribution < -0.4 is 4.74 Å². The van der Waals surface area contributed by atoms with Gasteiger partial charge in [0.05, 0.1) is 18.2 Å². The molecule has 0 radical (unpaired) electrons. The van der Waals surface area contributed by atoms with Crippen LogP contribution in [0.4, 0.5) is 8.78 Å². The number of aromatic nitrogens is 1. The monoisotopic (exact) mass is 267 g/mol. The van der Waals surface area contributed by atoms with Crippen LogP contribution in [-0.4, -0.2) is 41.0 Å². The van der Waals surface area contributed by atoms with Crippen LogP contribution >= 0.6 is 0 Å². The van der Waals surface area contributed by atoms with Gasteiger partial charge in [0, 0.05) is 24.8 Å². The summed E-state index contributed by atoms with van der Waals surface area (Å²) in [5, 5.41) is 8.75. The third-order valence-corrected chi connectivity index (χ3v) is 3.14. The molecule has 1 fully saturated rings. The quantitative estimate of drug-likeness (QED) is 0.841. The van der Waals surface area contributed by atoms with Gasteiger partial charge in [0.1, 0.15) is 0 Å². The lowest BCUT2D eigenvalue weighted by molar-refractivity contribution is -0.0637. The van der Waals surface area contributed by atoms with Crippen molar-refractivity contribution in [1.82, 2.24) is 9.88 Å². The summed E-state index contributed by atoms with van der Waals surface area (Å²) in [6.07, 6.45) is 0.151. The van der Waals surface area contributed by atoms with Crippen molar-refractivity contribution in [3.05, 3.63) is 23.9 Å². The van der Waals surface area contributed by atoms with Crippen LogP contribution in [0, 0.1) is 11.3 Å². The Hall–Kier alpha value is -1.74. The van der Waals surface area contributed by atoms with Gasteiger partial charge in [-0.25, -0.2) is 13.8 Å². The van der Waals surface area contributed by atoms with Gasteiger partial charge in [-0.15, -0.1) is 0 Å². The molecular formula is C13H15F2N3O. The fourth-order valence-corrected chi connectivity index (χ4v) is 1.99. The summed E-state index contributed by atoms with van der Waals surface area (Å²) in [5.41, 5.74) is 0.340. The molecular weight excluding hydrogens is 252 g/mol. The molecule has 1 aliphatic rings. The van der Waals surface area contributed by atoms with Crippen LogP contribution in [0.25, 0.3) is 0 Å². The summed E-state index contributed by atoms with van der Waals surface area (Å²) in [6, 6.07) is 4.83. The Morgan fingerprint density at radius 3 is 2.89 bits per heavy atom. The highest BCUT2D eigenvalue weighted by atomic mass is 19.3. The fraction of sp³-hybridized carbons (Fsp3) is 0.538. The molecule has 0 spiro atoms. The zero-order valence-electron chi connectivity index (χ0n) is 10.8. The van der Waals surface area contributed by atoms with Crippen molar-refractivity contribution in [2.24, 2.45) is 0 Å². The fourth-order valence-electron chi connectivity index (χ4n) is 1.99. The zero-order valence-corrected chi connectivity index (χ0v) is 10.8. The van der Waals surface area contributed by atoms with Crippen molar-refractivity contribution in [2.75, 3.05) is 13.1 Å². The van der Waals surface area contributed by atoms with Crippen molar-refractivity contribution in [2.45, 2.75) is 31.9 Å². The summed E-state index contributed by atoms with van der Waals surface area (Å²) in [5.74, 6) is -2.84. The molecule has 1 aromatic rings. The minimum atomic E-state index is -2.91. The lowest BCUT2D eigenvalue weighted by Crippen LogP contribution is -2.36. The van der Waals surface area contributed by atoms with Crippen LogP contribution in [0.5, 0.6) is 5.88 Å². The lowest BCUT2D eigenvalue weighted by atomic mass is 10.2. The first kappa shape index (κ1) is 13.7. The van der Waals surface area contributed by atoms with Crippen molar-refractivity contribution in [3.8, 4) is 11.9 Å². The largest absolute Gasteiger partial charge is 0.466 e. The molecule has 4 nitrogen and oxygen atoms in total. The minimum absolute atomic E-state index is 0.0397. The van der Waals surface area contributed by atoms with Crippen molar-refractivity contribution in [1.29, 1.82) is 5.26 Å². The van der Waals surface area contributed by atoms with Gasteiger partial charge >= 0.3 is 0 Å². The molecule has 0 saturated carbocycles. The number of halogens is 2. The van der Waals surface area contributed by atoms with Gasteiger partial charge < -0.3 is 4.74 Å². The summed E-state index contributed by atoms with van der Waals surface area (Å²) in [6.45, 7) is 3.58. The molecule has 0 aromatic carbocycles. The number of hydrogen-bond acceptors (Lipinski definition) is 4. The first-order chi connectivity index (χ1) is 8.92. The van der Waals surface area contributed by atoms with Gasteiger partial charge in [0.15, 0.2) is 6.10 Å². The number of likely N-dealkylation sites (tertiary alicyclic amines) is 1. The number of ether oxygens (including phenoxy) is 1. The smallest absolute Gasteiger partial charge is 0.297 e. The second-order valence-corrected chi connectivity index (χ2v) is 4.89. The third kappa shape index (κ3) is 2.99. The topological polar surface area (TPSA) is 49.1 Å². The predicted octanol–water partition coefficient (Wildman–Crippen LogP) is 2.06. The van der Waals surface area contributed by atoms with E-state index in [2.05, 4.69) is 4.98 Å². The van der Waals surface area contributed by atoms with Crippen LogP contribution in [0.15, 0.2) is 18.3 Å². The van der Waals surface area contributed by atoms with Crippen LogP contribution in [0.3, 0.4) is 0 Å². The van der Waals surface area contributed by atoms with Crippen LogP contribution in [0.2, 0.25) is 0 Å². The molecule has 1 atom stereocenters. The number of nitrogens with zero attached hydrogens (tertiary/aromatic N) is 3. The second kappa shape index (κ2) is 5.10. The maximum absolute atomic E-state index is 13.8. The summed E-state index contributed by atoms with van der Waals surface area (Å²) >= 11 is 0. The number of pyridine rings is 1. The Balaban J connectivity index is 2.12. The maximum Gasteiger partial charge on any atom is 0.297 e. The zero-order chi connectivity index (χ0) is 14.0. The predicted molar refractivity (Wildman–Crippen MR) is 65.0 cm³/mol. The number of hydrogen-bond donors (Lipinski definition) is 0. The Morgan fingerprint density at radius 1 is 1.58 bits per heavy atom. The highest BCUT2D eigenvalue weighted by molar-refractivity contribution is 5.31. The maximum atomic E-state index is 13.8. The van der Waals surface area contributed by atoms with Gasteiger partial charge in [-0.1, -0.05) is 0 Å². The number of rotatable bonds is 3. The first-order valence-corrected chi connectivity index (χ1v) is 6.07. The highest BCUT2D eigenvalue weighted by Gasteiger charge is 2.50. The highest BCUT2D eigenvalue weighted by Crippen LogP contribution is 2.31. The first-order valence-electron chi connectivity index (χ1n) is 6.07. The van der Waals surface area contributed by atoms with E-state index in [9.17, 15) is 8.78 Å². The molecule has 0 unspecified atom stereocenters. The number of alkyl halides is 2. The van der Waals surface area contributed by atoms with Crippen LogP contribution in [-0.2, 0) is 0 Å². The van der Waals surface area contributed by atoms with E-state index >= 15 is 0 Å². The summed E-state index contributed by atoms with van der Waals surface area (Å²) < 4.78 is 32.9. The number of nitriles is 1. The molecule has 1 saturated heterocycles. The average Bonchev–Trinajstić information content (AvgIpc) is 2.65. The van der Waals surface area contributed by atoms with Gasteiger partial charge in [-0.2, -0.15) is 5.26 Å². The van der Waals surface area contributed by atoms with E-state index in [0.29, 0.717) is 5.56 Å². The lowest BCUT2D eigenvalue weighted by Gasteiger charge is -2.19. The molecule has 19 heavy (non-hydrogen) atoms. The van der Waals surface area contributed by atoms with E-state index in [4.69, 9.17) is 10.00 Å². The Bertz CT molecular complexity index is 499. The molecule has 102 valence electrons. The van der Waals surface area contributed by atoms with Crippen molar-refractivity contribution >= 4 is 0 Å². The summed E-state index contributed by atoms with van der Waals surface area (Å²) in [7, 11) is 0.